The van der Waals surface area contributed by atoms with Crippen LogP contribution in [0.4, 0.5) is 0 Å². The maximum Gasteiger partial charge on any atom is 0.142 e. The minimum atomic E-state index is -0.821. The Balaban J connectivity index is 2.25. The predicted octanol–water partition coefficient (Wildman–Crippen LogP) is 4.69. The van der Waals surface area contributed by atoms with Crippen molar-refractivity contribution in [3.63, 3.8) is 0 Å². The third-order valence-electron chi connectivity index (χ3n) is 4.22. The molecule has 0 aliphatic carbocycles. The molecular weight excluding hydrogens is 300 g/mol. The predicted molar refractivity (Wildman–Crippen MR) is 98.8 cm³/mol. The molecule has 0 aliphatic heterocycles. The minimum Gasteiger partial charge on any atom is -0.390 e. The van der Waals surface area contributed by atoms with Gasteiger partial charge in [-0.1, -0.05) is 75.4 Å². The van der Waals surface area contributed by atoms with Crippen molar-refractivity contribution in [1.82, 2.24) is 0 Å². The van der Waals surface area contributed by atoms with E-state index >= 15 is 0 Å². The number of benzene rings is 1. The summed E-state index contributed by atoms with van der Waals surface area (Å²) in [4.78, 5) is 12.3. The standard InChI is InChI=1S/C21H32O3/c1-3-5-6-7-8-12-15-20(22)19(4-2)21(23)17-24-16-18-13-10-9-11-14-18/h4,9-11,13-14,19,21,23H,2-3,5-8,12,15-17H2,1H3/t19-,21+/m1/s1. The zero-order chi connectivity index (χ0) is 17.6. The maximum atomic E-state index is 12.3. The summed E-state index contributed by atoms with van der Waals surface area (Å²) >= 11 is 0. The fraction of sp³-hybridized carbons (Fsp3) is 0.571. The van der Waals surface area contributed by atoms with Crippen molar-refractivity contribution in [1.29, 1.82) is 0 Å². The number of Topliss-reactive ketones (excluding diaryl/α,β-unsaturated/α-hetero) is 1. The molecular formula is C21H32O3. The van der Waals surface area contributed by atoms with Crippen LogP contribution in [0.5, 0.6) is 0 Å². The zero-order valence-corrected chi connectivity index (χ0v) is 15.0. The summed E-state index contributed by atoms with van der Waals surface area (Å²) < 4.78 is 5.53. The normalized spacial score (nSPS) is 13.4. The lowest BCUT2D eigenvalue weighted by Crippen LogP contribution is -2.30. The molecule has 0 spiro atoms. The van der Waals surface area contributed by atoms with Gasteiger partial charge in [-0.15, -0.1) is 6.58 Å². The second kappa shape index (κ2) is 12.9. The summed E-state index contributed by atoms with van der Waals surface area (Å²) in [7, 11) is 0. The van der Waals surface area contributed by atoms with Crippen LogP contribution in [-0.2, 0) is 16.1 Å². The van der Waals surface area contributed by atoms with Gasteiger partial charge >= 0.3 is 0 Å². The summed E-state index contributed by atoms with van der Waals surface area (Å²) in [6.07, 6.45) is 8.13. The molecule has 0 saturated carbocycles. The molecule has 3 nitrogen and oxygen atoms in total. The first-order valence-corrected chi connectivity index (χ1v) is 9.14. The summed E-state index contributed by atoms with van der Waals surface area (Å²) in [5, 5.41) is 10.2. The van der Waals surface area contributed by atoms with Gasteiger partial charge in [0.15, 0.2) is 0 Å². The molecule has 24 heavy (non-hydrogen) atoms. The van der Waals surface area contributed by atoms with Crippen LogP contribution in [0.2, 0.25) is 0 Å². The van der Waals surface area contributed by atoms with Crippen LogP contribution in [0.25, 0.3) is 0 Å². The number of rotatable bonds is 14. The molecule has 1 aromatic carbocycles. The Labute approximate surface area is 146 Å². The molecule has 134 valence electrons. The molecule has 0 heterocycles. The smallest absolute Gasteiger partial charge is 0.142 e. The Hall–Kier alpha value is -1.45. The van der Waals surface area contributed by atoms with Gasteiger partial charge in [0.05, 0.1) is 25.2 Å². The summed E-state index contributed by atoms with van der Waals surface area (Å²) in [6, 6.07) is 9.80. The number of unbranched alkanes of at least 4 members (excludes halogenated alkanes) is 5. The number of aliphatic hydroxyl groups excluding tert-OH is 1. The molecule has 0 saturated heterocycles. The van der Waals surface area contributed by atoms with Crippen molar-refractivity contribution in [3.05, 3.63) is 48.6 Å². The lowest BCUT2D eigenvalue weighted by atomic mass is 9.94. The number of ether oxygens (including phenoxy) is 1. The monoisotopic (exact) mass is 332 g/mol. The van der Waals surface area contributed by atoms with Gasteiger partial charge in [-0.25, -0.2) is 0 Å². The second-order valence-corrected chi connectivity index (χ2v) is 6.31. The van der Waals surface area contributed by atoms with Gasteiger partial charge in [0.1, 0.15) is 5.78 Å². The van der Waals surface area contributed by atoms with Crippen molar-refractivity contribution in [2.24, 2.45) is 5.92 Å². The Morgan fingerprint density at radius 3 is 2.50 bits per heavy atom. The molecule has 1 aromatic rings. The number of carbonyl (C=O) groups is 1. The summed E-state index contributed by atoms with van der Waals surface area (Å²) in [6.45, 7) is 6.48. The van der Waals surface area contributed by atoms with E-state index in [0.717, 1.165) is 18.4 Å². The third-order valence-corrected chi connectivity index (χ3v) is 4.22. The fourth-order valence-electron chi connectivity index (χ4n) is 2.72. The van der Waals surface area contributed by atoms with Crippen LogP contribution in [0.1, 0.15) is 57.4 Å². The molecule has 0 bridgehead atoms. The average molecular weight is 332 g/mol. The van der Waals surface area contributed by atoms with E-state index in [-0.39, 0.29) is 12.4 Å². The molecule has 0 unspecified atom stereocenters. The summed E-state index contributed by atoms with van der Waals surface area (Å²) in [5.74, 6) is -0.465. The van der Waals surface area contributed by atoms with Crippen LogP contribution in [0.15, 0.2) is 43.0 Å². The maximum absolute atomic E-state index is 12.3. The Morgan fingerprint density at radius 2 is 1.83 bits per heavy atom. The van der Waals surface area contributed by atoms with Crippen molar-refractivity contribution in [3.8, 4) is 0 Å². The quantitative estimate of drug-likeness (QED) is 0.397. The van der Waals surface area contributed by atoms with E-state index in [1.54, 1.807) is 6.08 Å². The zero-order valence-electron chi connectivity index (χ0n) is 15.0. The van der Waals surface area contributed by atoms with Crippen LogP contribution in [0, 0.1) is 5.92 Å². The Morgan fingerprint density at radius 1 is 1.17 bits per heavy atom. The SMILES string of the molecule is C=C[C@H](C(=O)CCCCCCCC)[C@@H](O)COCc1ccccc1. The third kappa shape index (κ3) is 8.42. The molecule has 0 radical (unpaired) electrons. The molecule has 0 amide bonds. The van der Waals surface area contributed by atoms with E-state index in [9.17, 15) is 9.90 Å². The fourth-order valence-corrected chi connectivity index (χ4v) is 2.72. The van der Waals surface area contributed by atoms with Gasteiger partial charge in [-0.05, 0) is 12.0 Å². The van der Waals surface area contributed by atoms with Gasteiger partial charge in [-0.3, -0.25) is 4.79 Å². The summed E-state index contributed by atoms with van der Waals surface area (Å²) in [5.41, 5.74) is 1.05. The second-order valence-electron chi connectivity index (χ2n) is 6.31. The van der Waals surface area contributed by atoms with Crippen molar-refractivity contribution in [2.45, 2.75) is 64.6 Å². The molecule has 1 N–H and O–H groups in total. The first kappa shape index (κ1) is 20.6. The average Bonchev–Trinajstić information content (AvgIpc) is 2.59. The highest BCUT2D eigenvalue weighted by atomic mass is 16.5. The largest absolute Gasteiger partial charge is 0.390 e. The molecule has 2 atom stereocenters. The lowest BCUT2D eigenvalue weighted by Gasteiger charge is -2.18. The van der Waals surface area contributed by atoms with Gasteiger partial charge in [0.2, 0.25) is 0 Å². The number of hydrogen-bond acceptors (Lipinski definition) is 3. The number of aliphatic hydroxyl groups is 1. The highest BCUT2D eigenvalue weighted by molar-refractivity contribution is 5.83. The van der Waals surface area contributed by atoms with Crippen molar-refractivity contribution in [2.75, 3.05) is 6.61 Å². The molecule has 0 fully saturated rings. The van der Waals surface area contributed by atoms with Crippen molar-refractivity contribution >= 4 is 5.78 Å². The van der Waals surface area contributed by atoms with Crippen LogP contribution < -0.4 is 0 Å². The van der Waals surface area contributed by atoms with Crippen LogP contribution in [0.3, 0.4) is 0 Å². The number of hydrogen-bond donors (Lipinski definition) is 1. The number of carbonyl (C=O) groups excluding carboxylic acids is 1. The molecule has 1 rings (SSSR count). The van der Waals surface area contributed by atoms with Crippen LogP contribution in [-0.4, -0.2) is 23.6 Å². The van der Waals surface area contributed by atoms with Gasteiger partial charge in [-0.2, -0.15) is 0 Å². The number of ketones is 1. The molecule has 0 aliphatic rings. The van der Waals surface area contributed by atoms with Gasteiger partial charge in [0.25, 0.3) is 0 Å². The first-order chi connectivity index (χ1) is 11.7. The van der Waals surface area contributed by atoms with Gasteiger partial charge in [0, 0.05) is 6.42 Å². The minimum absolute atomic E-state index is 0.0660. The Kier molecular flexibility index (Phi) is 11.1. The highest BCUT2D eigenvalue weighted by Crippen LogP contribution is 2.15. The van der Waals surface area contributed by atoms with E-state index in [1.807, 2.05) is 30.3 Å². The highest BCUT2D eigenvalue weighted by Gasteiger charge is 2.23. The van der Waals surface area contributed by atoms with Crippen molar-refractivity contribution < 1.29 is 14.6 Å². The topological polar surface area (TPSA) is 46.5 Å². The van der Waals surface area contributed by atoms with E-state index in [0.29, 0.717) is 13.0 Å². The van der Waals surface area contributed by atoms with Gasteiger partial charge < -0.3 is 9.84 Å². The van der Waals surface area contributed by atoms with E-state index in [1.165, 1.54) is 25.7 Å². The first-order valence-electron chi connectivity index (χ1n) is 9.14. The Bertz CT molecular complexity index is 455. The molecule has 0 aromatic heterocycles. The van der Waals surface area contributed by atoms with E-state index < -0.39 is 12.0 Å². The van der Waals surface area contributed by atoms with Crippen LogP contribution >= 0.6 is 0 Å². The van der Waals surface area contributed by atoms with E-state index in [4.69, 9.17) is 4.74 Å². The van der Waals surface area contributed by atoms with E-state index in [2.05, 4.69) is 13.5 Å². The molecule has 3 heteroatoms. The lowest BCUT2D eigenvalue weighted by molar-refractivity contribution is -0.126.